The van der Waals surface area contributed by atoms with E-state index in [0.717, 1.165) is 96.3 Å². The Morgan fingerprint density at radius 2 is 0.481 bits per heavy atom. The maximum atomic E-state index is 13.0. The third-order valence-corrected chi connectivity index (χ3v) is 16.3. The third-order valence-electron chi connectivity index (χ3n) is 16.3. The zero-order valence-electron chi connectivity index (χ0n) is 54.6. The molecule has 81 heavy (non-hydrogen) atoms. The Hall–Kier alpha value is -2.63. The molecule has 0 aromatic heterocycles. The Bertz CT molecular complexity index is 1400. The Kier molecular flexibility index (Phi) is 67.6. The van der Waals surface area contributed by atoms with Crippen molar-refractivity contribution in [2.24, 2.45) is 0 Å². The average Bonchev–Trinajstić information content (AvgIpc) is 3.47. The molecule has 0 aliphatic heterocycles. The maximum absolute atomic E-state index is 13.0. The molecule has 0 rings (SSSR count). The summed E-state index contributed by atoms with van der Waals surface area (Å²) in [5.41, 5.74) is 0. The predicted octanol–water partition coefficient (Wildman–Crippen LogP) is 24.9. The number of carbonyl (C=O) groups is 3. The molecule has 0 fully saturated rings. The zero-order chi connectivity index (χ0) is 58.5. The van der Waals surface area contributed by atoms with Crippen LogP contribution in [0.5, 0.6) is 0 Å². The molecule has 6 heteroatoms. The van der Waals surface area contributed by atoms with Gasteiger partial charge in [0.2, 0.25) is 0 Å². The fourth-order valence-electron chi connectivity index (χ4n) is 10.9. The van der Waals surface area contributed by atoms with Crippen molar-refractivity contribution >= 4 is 17.9 Å². The van der Waals surface area contributed by atoms with Gasteiger partial charge >= 0.3 is 17.9 Å². The Morgan fingerprint density at radius 1 is 0.259 bits per heavy atom. The molecule has 474 valence electrons. The van der Waals surface area contributed by atoms with Crippen molar-refractivity contribution in [1.82, 2.24) is 0 Å². The fourth-order valence-corrected chi connectivity index (χ4v) is 10.9. The molecule has 1 unspecified atom stereocenters. The van der Waals surface area contributed by atoms with Crippen molar-refractivity contribution in [3.05, 3.63) is 48.6 Å². The fraction of sp³-hybridized carbons (Fsp3) is 0.853. The summed E-state index contributed by atoms with van der Waals surface area (Å²) in [6.45, 7) is 6.59. The molecule has 0 heterocycles. The van der Waals surface area contributed by atoms with Crippen LogP contribution < -0.4 is 0 Å². The van der Waals surface area contributed by atoms with Gasteiger partial charge in [0.25, 0.3) is 0 Å². The highest BCUT2D eigenvalue weighted by molar-refractivity contribution is 5.71. The summed E-state index contributed by atoms with van der Waals surface area (Å²) in [4.78, 5) is 38.5. The van der Waals surface area contributed by atoms with Gasteiger partial charge in [-0.1, -0.05) is 345 Å². The van der Waals surface area contributed by atoms with Crippen molar-refractivity contribution in [2.45, 2.75) is 399 Å². The van der Waals surface area contributed by atoms with Crippen LogP contribution in [0.25, 0.3) is 0 Å². The van der Waals surface area contributed by atoms with Gasteiger partial charge in [0, 0.05) is 19.3 Å². The Labute approximate surface area is 505 Å². The molecule has 0 aromatic rings. The van der Waals surface area contributed by atoms with E-state index in [4.69, 9.17) is 14.2 Å². The summed E-state index contributed by atoms with van der Waals surface area (Å²) in [6.07, 6.45) is 88.6. The standard InChI is InChI=1S/C75H138O6/c1-4-7-10-13-16-19-22-25-28-30-32-34-36-37-39-40-42-44-47-50-53-56-59-62-65-68-74(77)80-71-72(70-79-73(76)67-64-61-58-55-52-49-46-27-24-21-18-15-12-9-6-3)81-75(78)69-66-63-60-57-54-51-48-45-43-41-38-35-33-31-29-26-23-20-17-14-11-8-5-2/h9,12,18,21,27,30,32,46,72H,4-8,10-11,13-17,19-20,22-26,28-29,31,33-45,47-71H2,1-3H3/b12-9-,21-18-,32-30-,46-27-. The first-order valence-electron chi connectivity index (χ1n) is 36.1. The van der Waals surface area contributed by atoms with Crippen molar-refractivity contribution in [2.75, 3.05) is 13.2 Å². The highest BCUT2D eigenvalue weighted by Crippen LogP contribution is 2.19. The highest BCUT2D eigenvalue weighted by Gasteiger charge is 2.19. The van der Waals surface area contributed by atoms with Crippen LogP contribution >= 0.6 is 0 Å². The predicted molar refractivity (Wildman–Crippen MR) is 353 cm³/mol. The quantitative estimate of drug-likeness (QED) is 0.0261. The number of rotatable bonds is 67. The Balaban J connectivity index is 4.27. The van der Waals surface area contributed by atoms with Crippen LogP contribution in [0.2, 0.25) is 0 Å². The van der Waals surface area contributed by atoms with Gasteiger partial charge in [0.15, 0.2) is 6.10 Å². The second-order valence-corrected chi connectivity index (χ2v) is 24.5. The van der Waals surface area contributed by atoms with Gasteiger partial charge < -0.3 is 14.2 Å². The smallest absolute Gasteiger partial charge is 0.306 e. The lowest BCUT2D eigenvalue weighted by Gasteiger charge is -2.18. The van der Waals surface area contributed by atoms with Crippen molar-refractivity contribution in [3.8, 4) is 0 Å². The largest absolute Gasteiger partial charge is 0.462 e. The van der Waals surface area contributed by atoms with E-state index in [1.165, 1.54) is 257 Å². The van der Waals surface area contributed by atoms with Crippen LogP contribution in [0.4, 0.5) is 0 Å². The normalized spacial score (nSPS) is 12.3. The number of unbranched alkanes of at least 4 members (excludes halogenated alkanes) is 48. The molecule has 6 nitrogen and oxygen atoms in total. The maximum Gasteiger partial charge on any atom is 0.306 e. The molecule has 0 aliphatic carbocycles. The average molecular weight is 1140 g/mol. The van der Waals surface area contributed by atoms with Gasteiger partial charge in [-0.2, -0.15) is 0 Å². The van der Waals surface area contributed by atoms with E-state index in [1.54, 1.807) is 0 Å². The molecule has 0 aromatic carbocycles. The van der Waals surface area contributed by atoms with E-state index >= 15 is 0 Å². The van der Waals surface area contributed by atoms with E-state index < -0.39 is 6.10 Å². The van der Waals surface area contributed by atoms with E-state index in [1.807, 2.05) is 0 Å². The topological polar surface area (TPSA) is 78.9 Å². The molecule has 0 N–H and O–H groups in total. The van der Waals surface area contributed by atoms with Gasteiger partial charge in [-0.05, 0) is 77.0 Å². The minimum Gasteiger partial charge on any atom is -0.462 e. The molecule has 0 aliphatic rings. The van der Waals surface area contributed by atoms with E-state index in [2.05, 4.69) is 69.4 Å². The third kappa shape index (κ3) is 68.0. The molecule has 0 radical (unpaired) electrons. The van der Waals surface area contributed by atoms with Crippen molar-refractivity contribution in [1.29, 1.82) is 0 Å². The second kappa shape index (κ2) is 69.9. The summed E-state index contributed by atoms with van der Waals surface area (Å²) >= 11 is 0. The molecule has 0 saturated carbocycles. The van der Waals surface area contributed by atoms with Gasteiger partial charge in [-0.15, -0.1) is 0 Å². The zero-order valence-corrected chi connectivity index (χ0v) is 54.6. The number of hydrogen-bond acceptors (Lipinski definition) is 6. The Morgan fingerprint density at radius 3 is 0.765 bits per heavy atom. The van der Waals surface area contributed by atoms with Crippen LogP contribution in [-0.2, 0) is 28.6 Å². The molecule has 1 atom stereocenters. The molecule has 0 saturated heterocycles. The minimum absolute atomic E-state index is 0.0743. The van der Waals surface area contributed by atoms with Gasteiger partial charge in [0.05, 0.1) is 0 Å². The monoisotopic (exact) mass is 1140 g/mol. The highest BCUT2D eigenvalue weighted by atomic mass is 16.6. The molecule has 0 bridgehead atoms. The van der Waals surface area contributed by atoms with E-state index in [9.17, 15) is 14.4 Å². The summed E-state index contributed by atoms with van der Waals surface area (Å²) in [6, 6.07) is 0. The van der Waals surface area contributed by atoms with Crippen molar-refractivity contribution < 1.29 is 28.6 Å². The first-order chi connectivity index (χ1) is 40.0. The van der Waals surface area contributed by atoms with Crippen LogP contribution in [0.15, 0.2) is 48.6 Å². The first-order valence-corrected chi connectivity index (χ1v) is 36.1. The van der Waals surface area contributed by atoms with Crippen LogP contribution in [0, 0.1) is 0 Å². The van der Waals surface area contributed by atoms with Crippen LogP contribution in [-0.4, -0.2) is 37.2 Å². The molecule has 0 spiro atoms. The summed E-state index contributed by atoms with van der Waals surface area (Å²) < 4.78 is 17.0. The number of hydrogen-bond donors (Lipinski definition) is 0. The number of ether oxygens (including phenoxy) is 3. The summed E-state index contributed by atoms with van der Waals surface area (Å²) in [5.74, 6) is -0.864. The van der Waals surface area contributed by atoms with E-state index in [0.29, 0.717) is 19.3 Å². The van der Waals surface area contributed by atoms with Crippen LogP contribution in [0.1, 0.15) is 393 Å². The van der Waals surface area contributed by atoms with Gasteiger partial charge in [-0.3, -0.25) is 14.4 Å². The van der Waals surface area contributed by atoms with E-state index in [-0.39, 0.29) is 31.1 Å². The van der Waals surface area contributed by atoms with Crippen molar-refractivity contribution in [3.63, 3.8) is 0 Å². The number of allylic oxidation sites excluding steroid dienone is 8. The molecular weight excluding hydrogens is 997 g/mol. The lowest BCUT2D eigenvalue weighted by molar-refractivity contribution is -0.167. The minimum atomic E-state index is -0.780. The first kappa shape index (κ1) is 78.4. The van der Waals surface area contributed by atoms with Crippen LogP contribution in [0.3, 0.4) is 0 Å². The van der Waals surface area contributed by atoms with Gasteiger partial charge in [0.1, 0.15) is 13.2 Å². The number of esters is 3. The summed E-state index contributed by atoms with van der Waals surface area (Å²) in [5, 5.41) is 0. The molecular formula is C75H138O6. The SMILES string of the molecule is CC/C=C\C/C=C\C/C=C\CCCCCCCC(=O)OCC(COC(=O)CCCCCCCCCCCCCCC/C=C\CCCCCCCCCC)OC(=O)CCCCCCCCCCCCCCCCCCCCCCCCC. The molecule has 0 amide bonds. The lowest BCUT2D eigenvalue weighted by Crippen LogP contribution is -2.30. The number of carbonyl (C=O) groups excluding carboxylic acids is 3. The summed E-state index contributed by atoms with van der Waals surface area (Å²) in [7, 11) is 0. The lowest BCUT2D eigenvalue weighted by atomic mass is 10.0. The second-order valence-electron chi connectivity index (χ2n) is 24.5. The van der Waals surface area contributed by atoms with Gasteiger partial charge in [-0.25, -0.2) is 0 Å².